The summed E-state index contributed by atoms with van der Waals surface area (Å²) in [4.78, 5) is 15.1. The molecule has 1 saturated carbocycles. The minimum absolute atomic E-state index is 0.0988. The molecular weight excluding hydrogens is 242 g/mol. The Bertz CT molecular complexity index is 385. The number of aryl methyl sites for hydroxylation is 1. The fraction of sp³-hybridized carbons (Fsp3) is 0.636. The van der Waals surface area contributed by atoms with Gasteiger partial charge in [0.1, 0.15) is 0 Å². The van der Waals surface area contributed by atoms with Crippen LogP contribution in [0.5, 0.6) is 0 Å². The average molecular weight is 257 g/mol. The van der Waals surface area contributed by atoms with Gasteiger partial charge >= 0.3 is 5.97 Å². The minimum Gasteiger partial charge on any atom is -0.481 e. The Morgan fingerprint density at radius 3 is 2.94 bits per heavy atom. The van der Waals surface area contributed by atoms with Gasteiger partial charge in [-0.05, 0) is 30.9 Å². The van der Waals surface area contributed by atoms with Crippen LogP contribution in [0.2, 0.25) is 0 Å². The van der Waals surface area contributed by atoms with E-state index in [2.05, 4.69) is 10.4 Å². The Balaban J connectivity index is 1.74. The number of hydrogen-bond acceptors (Lipinski definition) is 4. The molecule has 0 spiro atoms. The summed E-state index contributed by atoms with van der Waals surface area (Å²) in [6, 6.07) is 0. The third kappa shape index (κ3) is 3.22. The summed E-state index contributed by atoms with van der Waals surface area (Å²) in [6.45, 7) is 2.01. The van der Waals surface area contributed by atoms with Crippen molar-refractivity contribution >= 4 is 29.1 Å². The number of carboxylic acid groups (broad SMARTS) is 1. The lowest BCUT2D eigenvalue weighted by Crippen LogP contribution is -2.11. The molecular formula is C11H15NO2S2. The van der Waals surface area contributed by atoms with Crippen molar-refractivity contribution in [3.63, 3.8) is 0 Å². The third-order valence-corrected chi connectivity index (χ3v) is 4.95. The second-order valence-corrected chi connectivity index (χ2v) is 6.47. The molecule has 0 bridgehead atoms. The van der Waals surface area contributed by atoms with E-state index in [9.17, 15) is 4.79 Å². The topological polar surface area (TPSA) is 50.2 Å². The van der Waals surface area contributed by atoms with Crippen molar-refractivity contribution in [3.8, 4) is 0 Å². The van der Waals surface area contributed by atoms with Gasteiger partial charge in [-0.15, -0.1) is 11.3 Å². The fourth-order valence-electron chi connectivity index (χ4n) is 1.72. The standard InChI is InChI=1S/C11H15NO2S2/c1-8-12-9(6-16-8)5-15-7-11(2-3-11)4-10(13)14/h6H,2-5,7H2,1H3,(H,13,14). The lowest BCUT2D eigenvalue weighted by molar-refractivity contribution is -0.138. The molecule has 2 rings (SSSR count). The van der Waals surface area contributed by atoms with Gasteiger partial charge in [0.15, 0.2) is 0 Å². The summed E-state index contributed by atoms with van der Waals surface area (Å²) in [5.41, 5.74) is 1.22. The second kappa shape index (κ2) is 4.75. The first-order valence-electron chi connectivity index (χ1n) is 5.30. The largest absolute Gasteiger partial charge is 0.481 e. The highest BCUT2D eigenvalue weighted by atomic mass is 32.2. The molecule has 5 heteroatoms. The Hall–Kier alpha value is -0.550. The quantitative estimate of drug-likeness (QED) is 0.851. The summed E-state index contributed by atoms with van der Waals surface area (Å²) in [5, 5.41) is 12.0. The number of rotatable bonds is 6. The molecule has 0 radical (unpaired) electrons. The summed E-state index contributed by atoms with van der Waals surface area (Å²) >= 11 is 3.48. The number of nitrogens with zero attached hydrogens (tertiary/aromatic N) is 1. The van der Waals surface area contributed by atoms with Crippen LogP contribution in [0, 0.1) is 12.3 Å². The zero-order chi connectivity index (χ0) is 11.6. The van der Waals surface area contributed by atoms with Crippen LogP contribution in [0.15, 0.2) is 5.38 Å². The summed E-state index contributed by atoms with van der Waals surface area (Å²) in [5.74, 6) is 1.20. The number of aliphatic carboxylic acids is 1. The van der Waals surface area contributed by atoms with Crippen molar-refractivity contribution < 1.29 is 9.90 Å². The lowest BCUT2D eigenvalue weighted by atomic mass is 10.1. The van der Waals surface area contributed by atoms with E-state index in [0.29, 0.717) is 6.42 Å². The van der Waals surface area contributed by atoms with Gasteiger partial charge in [-0.25, -0.2) is 4.98 Å². The predicted molar refractivity (Wildman–Crippen MR) is 66.9 cm³/mol. The highest BCUT2D eigenvalue weighted by molar-refractivity contribution is 7.98. The second-order valence-electron chi connectivity index (χ2n) is 4.42. The molecule has 0 atom stereocenters. The van der Waals surface area contributed by atoms with Crippen LogP contribution in [-0.2, 0) is 10.5 Å². The molecule has 1 N–H and O–H groups in total. The van der Waals surface area contributed by atoms with Crippen molar-refractivity contribution in [2.24, 2.45) is 5.41 Å². The van der Waals surface area contributed by atoms with Gasteiger partial charge in [0.05, 0.1) is 17.1 Å². The molecule has 1 heterocycles. The lowest BCUT2D eigenvalue weighted by Gasteiger charge is -2.10. The molecule has 1 aliphatic rings. The van der Waals surface area contributed by atoms with Crippen molar-refractivity contribution in [1.29, 1.82) is 0 Å². The van der Waals surface area contributed by atoms with Gasteiger partial charge in [-0.2, -0.15) is 11.8 Å². The van der Waals surface area contributed by atoms with E-state index < -0.39 is 5.97 Å². The molecule has 16 heavy (non-hydrogen) atoms. The number of hydrogen-bond donors (Lipinski definition) is 1. The highest BCUT2D eigenvalue weighted by Gasteiger charge is 2.44. The van der Waals surface area contributed by atoms with E-state index in [-0.39, 0.29) is 5.41 Å². The van der Waals surface area contributed by atoms with Crippen molar-refractivity contribution in [2.75, 3.05) is 5.75 Å². The van der Waals surface area contributed by atoms with Gasteiger partial charge in [0, 0.05) is 11.1 Å². The molecule has 88 valence electrons. The first-order chi connectivity index (χ1) is 7.60. The smallest absolute Gasteiger partial charge is 0.303 e. The molecule has 3 nitrogen and oxygen atoms in total. The molecule has 0 aromatic carbocycles. The number of thioether (sulfide) groups is 1. The average Bonchev–Trinajstić information content (AvgIpc) is 2.80. The van der Waals surface area contributed by atoms with E-state index in [4.69, 9.17) is 5.11 Å². The van der Waals surface area contributed by atoms with Crippen LogP contribution in [-0.4, -0.2) is 21.8 Å². The summed E-state index contributed by atoms with van der Waals surface area (Å²) in [6.07, 6.45) is 2.47. The van der Waals surface area contributed by atoms with E-state index in [1.54, 1.807) is 11.3 Å². The first kappa shape index (κ1) is 11.9. The Labute approximate surface area is 103 Å². The van der Waals surface area contributed by atoms with Crippen LogP contribution in [0.1, 0.15) is 30.0 Å². The van der Waals surface area contributed by atoms with Gasteiger partial charge < -0.3 is 5.11 Å². The maximum Gasteiger partial charge on any atom is 0.303 e. The van der Waals surface area contributed by atoms with Gasteiger partial charge in [0.2, 0.25) is 0 Å². The minimum atomic E-state index is -0.664. The number of carbonyl (C=O) groups is 1. The molecule has 0 unspecified atom stereocenters. The van der Waals surface area contributed by atoms with Crippen molar-refractivity contribution in [1.82, 2.24) is 4.98 Å². The van der Waals surface area contributed by atoms with E-state index in [0.717, 1.165) is 35.0 Å². The maximum absolute atomic E-state index is 10.7. The summed E-state index contributed by atoms with van der Waals surface area (Å²) < 4.78 is 0. The molecule has 0 aliphatic heterocycles. The SMILES string of the molecule is Cc1nc(CSCC2(CC(=O)O)CC2)cs1. The molecule has 1 aromatic rings. The highest BCUT2D eigenvalue weighted by Crippen LogP contribution is 2.51. The zero-order valence-corrected chi connectivity index (χ0v) is 10.9. The van der Waals surface area contributed by atoms with Crippen LogP contribution < -0.4 is 0 Å². The zero-order valence-electron chi connectivity index (χ0n) is 9.23. The molecule has 0 amide bonds. The Morgan fingerprint density at radius 2 is 2.44 bits per heavy atom. The van der Waals surface area contributed by atoms with Gasteiger partial charge in [-0.3, -0.25) is 4.79 Å². The fourth-order valence-corrected chi connectivity index (χ4v) is 3.72. The molecule has 1 fully saturated rings. The van der Waals surface area contributed by atoms with Crippen LogP contribution in [0.4, 0.5) is 0 Å². The van der Waals surface area contributed by atoms with E-state index >= 15 is 0 Å². The van der Waals surface area contributed by atoms with Gasteiger partial charge in [-0.1, -0.05) is 0 Å². The van der Waals surface area contributed by atoms with E-state index in [1.165, 1.54) is 0 Å². The van der Waals surface area contributed by atoms with Gasteiger partial charge in [0.25, 0.3) is 0 Å². The predicted octanol–water partition coefficient (Wildman–Crippen LogP) is 2.94. The first-order valence-corrected chi connectivity index (χ1v) is 7.34. The number of thiazole rings is 1. The normalized spacial score (nSPS) is 17.3. The van der Waals surface area contributed by atoms with Crippen LogP contribution >= 0.6 is 23.1 Å². The third-order valence-electron chi connectivity index (χ3n) is 2.81. The van der Waals surface area contributed by atoms with E-state index in [1.807, 2.05) is 18.7 Å². The number of carboxylic acids is 1. The Kier molecular flexibility index (Phi) is 3.54. The molecule has 1 aliphatic carbocycles. The van der Waals surface area contributed by atoms with Crippen molar-refractivity contribution in [3.05, 3.63) is 16.1 Å². The Morgan fingerprint density at radius 1 is 1.69 bits per heavy atom. The summed E-state index contributed by atoms with van der Waals surface area (Å²) in [7, 11) is 0. The monoisotopic (exact) mass is 257 g/mol. The van der Waals surface area contributed by atoms with Crippen molar-refractivity contribution in [2.45, 2.75) is 31.9 Å². The molecule has 0 saturated heterocycles. The van der Waals surface area contributed by atoms with Crippen LogP contribution in [0.3, 0.4) is 0 Å². The maximum atomic E-state index is 10.7. The van der Waals surface area contributed by atoms with Crippen LogP contribution in [0.25, 0.3) is 0 Å². The number of aromatic nitrogens is 1. The molecule has 1 aromatic heterocycles.